The normalized spacial score (nSPS) is 29.0. The third-order valence-corrected chi connectivity index (χ3v) is 3.93. The first kappa shape index (κ1) is 16.0. The van der Waals surface area contributed by atoms with Crippen molar-refractivity contribution in [1.29, 1.82) is 0 Å². The maximum Gasteiger partial charge on any atom is 0.323 e. The molecule has 0 aliphatic heterocycles. The molecule has 0 aromatic heterocycles. The summed E-state index contributed by atoms with van der Waals surface area (Å²) in [4.78, 5) is 22.4. The van der Waals surface area contributed by atoms with Gasteiger partial charge in [-0.15, -0.1) is 0 Å². The second-order valence-corrected chi connectivity index (χ2v) is 6.01. The van der Waals surface area contributed by atoms with Crippen LogP contribution in [0, 0.1) is 17.8 Å². The van der Waals surface area contributed by atoms with E-state index in [1.54, 1.807) is 0 Å². The van der Waals surface area contributed by atoms with E-state index in [0.29, 0.717) is 17.8 Å². The summed E-state index contributed by atoms with van der Waals surface area (Å²) in [7, 11) is 0. The Morgan fingerprint density at radius 3 is 2.53 bits per heavy atom. The van der Waals surface area contributed by atoms with Crippen LogP contribution in [-0.4, -0.2) is 29.2 Å². The Balaban J connectivity index is 2.60. The van der Waals surface area contributed by atoms with Gasteiger partial charge in [0, 0.05) is 0 Å². The molecule has 0 spiro atoms. The van der Waals surface area contributed by atoms with Crippen molar-refractivity contribution < 1.29 is 19.4 Å². The van der Waals surface area contributed by atoms with E-state index in [0.717, 1.165) is 19.3 Å². The fraction of sp³-hybridized carbons (Fsp3) is 0.857. The van der Waals surface area contributed by atoms with Gasteiger partial charge in [-0.2, -0.15) is 0 Å². The molecule has 3 unspecified atom stereocenters. The van der Waals surface area contributed by atoms with Gasteiger partial charge in [0.15, 0.2) is 0 Å². The fourth-order valence-corrected chi connectivity index (χ4v) is 2.76. The number of aliphatic carboxylic acids is 1. The van der Waals surface area contributed by atoms with Crippen LogP contribution in [0.2, 0.25) is 0 Å². The van der Waals surface area contributed by atoms with Gasteiger partial charge in [-0.05, 0) is 30.6 Å². The Labute approximate surface area is 114 Å². The molecule has 0 amide bonds. The third kappa shape index (κ3) is 4.82. The predicted octanol–water partition coefficient (Wildman–Crippen LogP) is 1.79. The molecule has 0 radical (unpaired) electrons. The van der Waals surface area contributed by atoms with Crippen molar-refractivity contribution in [3.05, 3.63) is 0 Å². The number of esters is 1. The van der Waals surface area contributed by atoms with E-state index in [-0.39, 0.29) is 12.5 Å². The van der Waals surface area contributed by atoms with Gasteiger partial charge in [-0.3, -0.25) is 9.59 Å². The standard InChI is InChI=1S/C14H25NO4/c1-8(2)10-5-4-9(3)6-12(10)19-14(18)11(15)7-13(16)17/h8-12H,4-7,15H2,1-3H3,(H,16,17)/t9?,10?,11-,12?/m0/s1. The zero-order valence-electron chi connectivity index (χ0n) is 12.0. The van der Waals surface area contributed by atoms with E-state index in [4.69, 9.17) is 15.6 Å². The fourth-order valence-electron chi connectivity index (χ4n) is 2.76. The predicted molar refractivity (Wildman–Crippen MR) is 71.5 cm³/mol. The molecule has 1 rings (SSSR count). The topological polar surface area (TPSA) is 89.6 Å². The van der Waals surface area contributed by atoms with Crippen molar-refractivity contribution in [2.75, 3.05) is 0 Å². The highest BCUT2D eigenvalue weighted by atomic mass is 16.5. The van der Waals surface area contributed by atoms with Crippen LogP contribution in [0.5, 0.6) is 0 Å². The Morgan fingerprint density at radius 2 is 2.00 bits per heavy atom. The molecule has 0 aromatic rings. The van der Waals surface area contributed by atoms with Crippen LogP contribution in [0.25, 0.3) is 0 Å². The van der Waals surface area contributed by atoms with Crippen LogP contribution in [0.3, 0.4) is 0 Å². The van der Waals surface area contributed by atoms with Crippen LogP contribution in [0.15, 0.2) is 0 Å². The molecule has 1 aliphatic carbocycles. The van der Waals surface area contributed by atoms with Gasteiger partial charge in [-0.25, -0.2) is 0 Å². The molecule has 1 fully saturated rings. The van der Waals surface area contributed by atoms with Gasteiger partial charge in [0.05, 0.1) is 6.42 Å². The molecule has 0 aromatic carbocycles. The average molecular weight is 271 g/mol. The van der Waals surface area contributed by atoms with Crippen LogP contribution >= 0.6 is 0 Å². The molecule has 4 atom stereocenters. The van der Waals surface area contributed by atoms with Gasteiger partial charge < -0.3 is 15.6 Å². The first-order chi connectivity index (χ1) is 8.81. The molecule has 0 saturated heterocycles. The van der Waals surface area contributed by atoms with E-state index >= 15 is 0 Å². The van der Waals surface area contributed by atoms with Crippen molar-refractivity contribution in [2.24, 2.45) is 23.5 Å². The Bertz CT molecular complexity index is 329. The summed E-state index contributed by atoms with van der Waals surface area (Å²) < 4.78 is 5.47. The molecule has 110 valence electrons. The average Bonchev–Trinajstić information content (AvgIpc) is 2.27. The SMILES string of the molecule is CC1CCC(C(C)C)C(OC(=O)[C@@H](N)CC(=O)O)C1. The van der Waals surface area contributed by atoms with E-state index in [9.17, 15) is 9.59 Å². The third-order valence-electron chi connectivity index (χ3n) is 3.93. The zero-order chi connectivity index (χ0) is 14.6. The van der Waals surface area contributed by atoms with Crippen LogP contribution in [0.4, 0.5) is 0 Å². The smallest absolute Gasteiger partial charge is 0.323 e. The number of carboxylic acids is 1. The minimum Gasteiger partial charge on any atom is -0.481 e. The zero-order valence-corrected chi connectivity index (χ0v) is 12.0. The first-order valence-electron chi connectivity index (χ1n) is 6.99. The highest BCUT2D eigenvalue weighted by molar-refractivity contribution is 5.81. The molecule has 5 nitrogen and oxygen atoms in total. The number of ether oxygens (including phenoxy) is 1. The summed E-state index contributed by atoms with van der Waals surface area (Å²) in [6.45, 7) is 6.39. The summed E-state index contributed by atoms with van der Waals surface area (Å²) in [5, 5.41) is 8.63. The second-order valence-electron chi connectivity index (χ2n) is 6.01. The van der Waals surface area contributed by atoms with E-state index in [2.05, 4.69) is 20.8 Å². The summed E-state index contributed by atoms with van der Waals surface area (Å²) in [6.07, 6.45) is 2.53. The lowest BCUT2D eigenvalue weighted by molar-refractivity contribution is -0.159. The van der Waals surface area contributed by atoms with Crippen molar-refractivity contribution in [3.8, 4) is 0 Å². The van der Waals surface area contributed by atoms with Gasteiger partial charge >= 0.3 is 11.9 Å². The van der Waals surface area contributed by atoms with Crippen molar-refractivity contribution in [2.45, 2.75) is 58.6 Å². The summed E-state index contributed by atoms with van der Waals surface area (Å²) in [6, 6.07) is -1.07. The monoisotopic (exact) mass is 271 g/mol. The van der Waals surface area contributed by atoms with E-state index < -0.39 is 18.0 Å². The van der Waals surface area contributed by atoms with Crippen molar-refractivity contribution in [3.63, 3.8) is 0 Å². The lowest BCUT2D eigenvalue weighted by Gasteiger charge is -2.37. The molecule has 3 N–H and O–H groups in total. The molecule has 0 heterocycles. The molecule has 1 saturated carbocycles. The summed E-state index contributed by atoms with van der Waals surface area (Å²) in [5.74, 6) is -0.351. The number of carboxylic acid groups (broad SMARTS) is 1. The van der Waals surface area contributed by atoms with Crippen molar-refractivity contribution in [1.82, 2.24) is 0 Å². The maximum atomic E-state index is 11.8. The summed E-state index contributed by atoms with van der Waals surface area (Å²) in [5.41, 5.74) is 5.54. The minimum atomic E-state index is -1.08. The Hall–Kier alpha value is -1.10. The summed E-state index contributed by atoms with van der Waals surface area (Å²) >= 11 is 0. The van der Waals surface area contributed by atoms with Gasteiger partial charge in [0.1, 0.15) is 12.1 Å². The van der Waals surface area contributed by atoms with Gasteiger partial charge in [0.2, 0.25) is 0 Å². The van der Waals surface area contributed by atoms with Crippen LogP contribution in [-0.2, 0) is 14.3 Å². The largest absolute Gasteiger partial charge is 0.481 e. The molecular formula is C14H25NO4. The molecular weight excluding hydrogens is 246 g/mol. The van der Waals surface area contributed by atoms with Gasteiger partial charge in [-0.1, -0.05) is 27.2 Å². The second kappa shape index (κ2) is 6.89. The number of hydrogen-bond acceptors (Lipinski definition) is 4. The highest BCUT2D eigenvalue weighted by Crippen LogP contribution is 2.35. The Kier molecular flexibility index (Phi) is 5.79. The Morgan fingerprint density at radius 1 is 1.37 bits per heavy atom. The first-order valence-corrected chi connectivity index (χ1v) is 6.99. The molecule has 5 heteroatoms. The number of rotatable bonds is 5. The quantitative estimate of drug-likeness (QED) is 0.744. The number of nitrogens with two attached hydrogens (primary N) is 1. The molecule has 1 aliphatic rings. The lowest BCUT2D eigenvalue weighted by Crippen LogP contribution is -2.41. The lowest BCUT2D eigenvalue weighted by atomic mass is 9.75. The minimum absolute atomic E-state index is 0.129. The van der Waals surface area contributed by atoms with Crippen LogP contribution in [0.1, 0.15) is 46.5 Å². The highest BCUT2D eigenvalue weighted by Gasteiger charge is 2.34. The van der Waals surface area contributed by atoms with E-state index in [1.165, 1.54) is 0 Å². The molecule has 0 bridgehead atoms. The maximum absolute atomic E-state index is 11.8. The van der Waals surface area contributed by atoms with Crippen molar-refractivity contribution >= 4 is 11.9 Å². The number of carbonyl (C=O) groups excluding carboxylic acids is 1. The van der Waals surface area contributed by atoms with Gasteiger partial charge in [0.25, 0.3) is 0 Å². The van der Waals surface area contributed by atoms with E-state index in [1.807, 2.05) is 0 Å². The molecule has 19 heavy (non-hydrogen) atoms. The van der Waals surface area contributed by atoms with Crippen LogP contribution < -0.4 is 5.73 Å². The number of carbonyl (C=O) groups is 2. The number of hydrogen-bond donors (Lipinski definition) is 2.